The smallest absolute Gasteiger partial charge is 0.306 e. The summed E-state index contributed by atoms with van der Waals surface area (Å²) in [5, 5.41) is 5.04. The average molecular weight is 464 g/mol. The molecule has 3 aromatic heterocycles. The second kappa shape index (κ2) is 11.6. The number of rotatable bonds is 10. The molecular weight excluding hydrogens is 426 g/mol. The van der Waals surface area contributed by atoms with Crippen molar-refractivity contribution in [2.75, 3.05) is 13.2 Å². The van der Waals surface area contributed by atoms with Crippen molar-refractivity contribution in [2.24, 2.45) is 5.92 Å². The van der Waals surface area contributed by atoms with Crippen molar-refractivity contribution in [1.82, 2.24) is 14.6 Å². The predicted octanol–water partition coefficient (Wildman–Crippen LogP) is 5.86. The summed E-state index contributed by atoms with van der Waals surface area (Å²) in [5.74, 6) is 0.452. The number of carbonyl (C=O) groups excluding carboxylic acids is 1. The van der Waals surface area contributed by atoms with Gasteiger partial charge in [-0.25, -0.2) is 4.52 Å². The molecule has 0 unspecified atom stereocenters. The lowest BCUT2D eigenvalue weighted by Gasteiger charge is -2.22. The molecule has 3 aromatic rings. The van der Waals surface area contributed by atoms with E-state index in [1.165, 1.54) is 32.1 Å². The Morgan fingerprint density at radius 3 is 2.71 bits per heavy atom. The molecule has 182 valence electrons. The molecule has 34 heavy (non-hydrogen) atoms. The normalized spacial score (nSPS) is 14.6. The molecule has 3 heterocycles. The zero-order valence-corrected chi connectivity index (χ0v) is 20.8. The minimum atomic E-state index is -0.186. The average Bonchev–Trinajstić information content (AvgIpc) is 3.25. The third-order valence-electron chi connectivity index (χ3n) is 6.79. The van der Waals surface area contributed by atoms with Gasteiger partial charge in [0, 0.05) is 42.2 Å². The second-order valence-corrected chi connectivity index (χ2v) is 9.35. The Labute approximate surface area is 202 Å². The highest BCUT2D eigenvalue weighted by Crippen LogP contribution is 2.33. The molecule has 0 aromatic carbocycles. The van der Waals surface area contributed by atoms with Gasteiger partial charge in [0.2, 0.25) is 0 Å². The first-order chi connectivity index (χ1) is 16.6. The molecule has 0 N–H and O–H groups in total. The quantitative estimate of drug-likeness (QED) is 0.352. The molecule has 6 nitrogen and oxygen atoms in total. The van der Waals surface area contributed by atoms with Crippen LogP contribution in [-0.4, -0.2) is 33.8 Å². The van der Waals surface area contributed by atoms with Crippen LogP contribution in [0.15, 0.2) is 30.6 Å². The number of hydrogen-bond acceptors (Lipinski definition) is 5. The summed E-state index contributed by atoms with van der Waals surface area (Å²) in [6.45, 7) is 7.64. The van der Waals surface area contributed by atoms with E-state index in [9.17, 15) is 4.79 Å². The van der Waals surface area contributed by atoms with Gasteiger partial charge in [-0.1, -0.05) is 26.2 Å². The van der Waals surface area contributed by atoms with Gasteiger partial charge in [0.1, 0.15) is 0 Å². The van der Waals surface area contributed by atoms with E-state index < -0.39 is 0 Å². The molecule has 4 rings (SSSR count). The van der Waals surface area contributed by atoms with Crippen LogP contribution < -0.4 is 0 Å². The minimum absolute atomic E-state index is 0.186. The van der Waals surface area contributed by atoms with Crippen molar-refractivity contribution in [1.29, 1.82) is 0 Å². The maximum absolute atomic E-state index is 12.3. The van der Waals surface area contributed by atoms with Crippen LogP contribution in [0.1, 0.15) is 74.9 Å². The molecular formula is C28H37N3O3. The Hall–Kier alpha value is -2.73. The first kappa shape index (κ1) is 24.4. The van der Waals surface area contributed by atoms with E-state index in [1.807, 2.05) is 23.8 Å². The zero-order valence-electron chi connectivity index (χ0n) is 20.8. The molecule has 0 atom stereocenters. The number of fused-ring (bicyclic) bond motifs is 1. The molecule has 0 bridgehead atoms. The molecule has 0 amide bonds. The maximum atomic E-state index is 12.3. The van der Waals surface area contributed by atoms with Crippen LogP contribution in [0, 0.1) is 12.8 Å². The van der Waals surface area contributed by atoms with Crippen molar-refractivity contribution >= 4 is 11.5 Å². The van der Waals surface area contributed by atoms with Crippen LogP contribution in [-0.2, 0) is 33.7 Å². The van der Waals surface area contributed by atoms with Crippen LogP contribution in [0.25, 0.3) is 16.6 Å². The zero-order chi connectivity index (χ0) is 23.9. The number of carbonyl (C=O) groups is 1. The number of hydrogen-bond donors (Lipinski definition) is 0. The Kier molecular flexibility index (Phi) is 8.33. The molecule has 0 saturated heterocycles. The summed E-state index contributed by atoms with van der Waals surface area (Å²) in [6.07, 6.45) is 12.0. The van der Waals surface area contributed by atoms with E-state index in [-0.39, 0.29) is 5.97 Å². The van der Waals surface area contributed by atoms with Crippen molar-refractivity contribution in [3.63, 3.8) is 0 Å². The highest BCUT2D eigenvalue weighted by atomic mass is 16.5. The lowest BCUT2D eigenvalue weighted by molar-refractivity contribution is -0.143. The standard InChI is InChI=1S/C28H37N3O3/c1-4-23-11-13-26-28(22-15-20(3)16-29-17-22)24(12-14-27(32)34-5-2)25(30-31(23)26)19-33-18-21-9-7-6-8-10-21/h11,13,15-17,21H,4-10,12,14,18-19H2,1-3H3. The van der Waals surface area contributed by atoms with Gasteiger partial charge >= 0.3 is 5.97 Å². The first-order valence-electron chi connectivity index (χ1n) is 12.8. The summed E-state index contributed by atoms with van der Waals surface area (Å²) >= 11 is 0. The third kappa shape index (κ3) is 5.66. The van der Waals surface area contributed by atoms with E-state index in [4.69, 9.17) is 14.6 Å². The van der Waals surface area contributed by atoms with E-state index >= 15 is 0 Å². The van der Waals surface area contributed by atoms with Crippen LogP contribution in [0.4, 0.5) is 0 Å². The van der Waals surface area contributed by atoms with Gasteiger partial charge in [-0.2, -0.15) is 5.10 Å². The summed E-state index contributed by atoms with van der Waals surface area (Å²) in [7, 11) is 0. The van der Waals surface area contributed by atoms with E-state index in [0.29, 0.717) is 32.0 Å². The van der Waals surface area contributed by atoms with E-state index in [2.05, 4.69) is 37.0 Å². The largest absolute Gasteiger partial charge is 0.466 e. The molecule has 1 aliphatic rings. The Morgan fingerprint density at radius 2 is 1.97 bits per heavy atom. The number of pyridine rings is 1. The molecule has 6 heteroatoms. The van der Waals surface area contributed by atoms with Gasteiger partial charge < -0.3 is 9.47 Å². The van der Waals surface area contributed by atoms with Gasteiger partial charge in [-0.15, -0.1) is 0 Å². The topological polar surface area (TPSA) is 65.7 Å². The van der Waals surface area contributed by atoms with Gasteiger partial charge in [0.25, 0.3) is 0 Å². The summed E-state index contributed by atoms with van der Waals surface area (Å²) < 4.78 is 13.5. The summed E-state index contributed by atoms with van der Waals surface area (Å²) in [6, 6.07) is 6.42. The van der Waals surface area contributed by atoms with Crippen molar-refractivity contribution in [3.8, 4) is 11.1 Å². The molecule has 1 fully saturated rings. The van der Waals surface area contributed by atoms with Gasteiger partial charge in [-0.05, 0) is 74.8 Å². The van der Waals surface area contributed by atoms with Gasteiger partial charge in [0.05, 0.1) is 24.4 Å². The fraction of sp³-hybridized carbons (Fsp3) is 0.536. The van der Waals surface area contributed by atoms with Crippen LogP contribution in [0.2, 0.25) is 0 Å². The molecule has 0 aliphatic heterocycles. The number of ether oxygens (including phenoxy) is 2. The summed E-state index contributed by atoms with van der Waals surface area (Å²) in [4.78, 5) is 16.7. The van der Waals surface area contributed by atoms with Crippen molar-refractivity contribution < 1.29 is 14.3 Å². The highest BCUT2D eigenvalue weighted by molar-refractivity contribution is 5.84. The predicted molar refractivity (Wildman–Crippen MR) is 134 cm³/mol. The lowest BCUT2D eigenvalue weighted by Crippen LogP contribution is -2.16. The first-order valence-corrected chi connectivity index (χ1v) is 12.8. The number of aryl methyl sites for hydroxylation is 2. The van der Waals surface area contributed by atoms with E-state index in [1.54, 1.807) is 0 Å². The molecule has 0 spiro atoms. The lowest BCUT2D eigenvalue weighted by atomic mass is 9.90. The Bertz CT molecular complexity index is 1120. The fourth-order valence-electron chi connectivity index (χ4n) is 5.06. The fourth-order valence-corrected chi connectivity index (χ4v) is 5.06. The highest BCUT2D eigenvalue weighted by Gasteiger charge is 2.21. The molecule has 0 radical (unpaired) electrons. The van der Waals surface area contributed by atoms with Crippen LogP contribution >= 0.6 is 0 Å². The maximum Gasteiger partial charge on any atom is 0.306 e. The molecule has 1 aliphatic carbocycles. The van der Waals surface area contributed by atoms with Crippen molar-refractivity contribution in [3.05, 3.63) is 53.1 Å². The number of aromatic nitrogens is 3. The van der Waals surface area contributed by atoms with Gasteiger partial charge in [-0.3, -0.25) is 9.78 Å². The van der Waals surface area contributed by atoms with Crippen LogP contribution in [0.3, 0.4) is 0 Å². The molecule has 1 saturated carbocycles. The number of esters is 1. The van der Waals surface area contributed by atoms with Crippen molar-refractivity contribution in [2.45, 2.75) is 78.7 Å². The number of nitrogens with zero attached hydrogens (tertiary/aromatic N) is 3. The summed E-state index contributed by atoms with van der Waals surface area (Å²) in [5.41, 5.74) is 7.38. The Balaban J connectivity index is 1.75. The van der Waals surface area contributed by atoms with Gasteiger partial charge in [0.15, 0.2) is 0 Å². The monoisotopic (exact) mass is 463 g/mol. The third-order valence-corrected chi connectivity index (χ3v) is 6.79. The van der Waals surface area contributed by atoms with Crippen LogP contribution in [0.5, 0.6) is 0 Å². The second-order valence-electron chi connectivity index (χ2n) is 9.35. The Morgan fingerprint density at radius 1 is 1.15 bits per heavy atom. The SMILES string of the molecule is CCOC(=O)CCc1c(COCC2CCCCC2)nn2c(CC)ccc2c1-c1cncc(C)c1. The minimum Gasteiger partial charge on any atom is -0.466 e. The van der Waals surface area contributed by atoms with E-state index in [0.717, 1.165) is 52.2 Å².